The molecule has 1 unspecified atom stereocenters. The van der Waals surface area contributed by atoms with Crippen molar-refractivity contribution in [1.29, 1.82) is 0 Å². The molecule has 25 heavy (non-hydrogen) atoms. The van der Waals surface area contributed by atoms with E-state index >= 15 is 0 Å². The molecule has 1 N–H and O–H groups in total. The Bertz CT molecular complexity index is 940. The number of fused-ring (bicyclic) bond motifs is 2. The molecule has 1 aliphatic carbocycles. The first-order valence-corrected chi connectivity index (χ1v) is 8.26. The van der Waals surface area contributed by atoms with Crippen molar-refractivity contribution < 1.29 is 13.2 Å². The molecule has 2 aliphatic rings. The van der Waals surface area contributed by atoms with Gasteiger partial charge in [-0.15, -0.1) is 0 Å². The number of aromatic amines is 1. The quantitative estimate of drug-likeness (QED) is 0.838. The molecule has 1 saturated heterocycles. The molecule has 2 aromatic rings. The SMILES string of the molecule is O=c1cc(C(F)(F)F)c2cc(N3CCC4CC=CC=C4C3)ccc2[nH]1. The van der Waals surface area contributed by atoms with Crippen molar-refractivity contribution in [3.8, 4) is 0 Å². The Kier molecular flexibility index (Phi) is 3.71. The number of pyridine rings is 1. The Morgan fingerprint density at radius 1 is 1.20 bits per heavy atom. The van der Waals surface area contributed by atoms with Crippen molar-refractivity contribution in [2.75, 3.05) is 18.0 Å². The average molecular weight is 346 g/mol. The van der Waals surface area contributed by atoms with Gasteiger partial charge in [0.25, 0.3) is 0 Å². The molecule has 0 radical (unpaired) electrons. The van der Waals surface area contributed by atoms with Gasteiger partial charge in [0.1, 0.15) is 0 Å². The summed E-state index contributed by atoms with van der Waals surface area (Å²) in [7, 11) is 0. The fraction of sp³-hybridized carbons (Fsp3) is 0.316. The molecule has 3 nitrogen and oxygen atoms in total. The van der Waals surface area contributed by atoms with E-state index in [1.54, 1.807) is 12.1 Å². The van der Waals surface area contributed by atoms with Gasteiger partial charge in [-0.1, -0.05) is 18.2 Å². The highest BCUT2D eigenvalue weighted by Gasteiger charge is 2.33. The van der Waals surface area contributed by atoms with Crippen LogP contribution in [-0.4, -0.2) is 18.1 Å². The lowest BCUT2D eigenvalue weighted by atomic mass is 9.85. The Labute approximate surface area is 142 Å². The molecule has 130 valence electrons. The van der Waals surface area contributed by atoms with Gasteiger partial charge in [0.2, 0.25) is 5.56 Å². The van der Waals surface area contributed by atoms with Gasteiger partial charge < -0.3 is 9.88 Å². The minimum Gasteiger partial charge on any atom is -0.367 e. The number of hydrogen-bond acceptors (Lipinski definition) is 2. The molecular formula is C19H17F3N2O. The van der Waals surface area contributed by atoms with Crippen LogP contribution < -0.4 is 10.5 Å². The molecule has 6 heteroatoms. The first-order valence-electron chi connectivity index (χ1n) is 8.26. The predicted molar refractivity (Wildman–Crippen MR) is 91.7 cm³/mol. The summed E-state index contributed by atoms with van der Waals surface area (Å²) >= 11 is 0. The average Bonchev–Trinajstić information content (AvgIpc) is 2.59. The van der Waals surface area contributed by atoms with Gasteiger partial charge in [0, 0.05) is 35.7 Å². The molecule has 1 aromatic carbocycles. The largest absolute Gasteiger partial charge is 0.417 e. The number of nitrogens with one attached hydrogen (secondary N) is 1. The summed E-state index contributed by atoms with van der Waals surface area (Å²) in [4.78, 5) is 16.1. The Morgan fingerprint density at radius 2 is 2.04 bits per heavy atom. The van der Waals surface area contributed by atoms with Gasteiger partial charge in [-0.2, -0.15) is 13.2 Å². The third-order valence-corrected chi connectivity index (χ3v) is 5.01. The van der Waals surface area contributed by atoms with Crippen LogP contribution in [0.2, 0.25) is 0 Å². The number of rotatable bonds is 1. The smallest absolute Gasteiger partial charge is 0.367 e. The molecule has 2 heterocycles. The van der Waals surface area contributed by atoms with Gasteiger partial charge >= 0.3 is 6.18 Å². The van der Waals surface area contributed by atoms with E-state index in [-0.39, 0.29) is 10.9 Å². The number of allylic oxidation sites excluding steroid dienone is 3. The second kappa shape index (κ2) is 5.79. The highest BCUT2D eigenvalue weighted by atomic mass is 19.4. The maximum Gasteiger partial charge on any atom is 0.417 e. The summed E-state index contributed by atoms with van der Waals surface area (Å²) in [5.41, 5.74) is 0.652. The fourth-order valence-electron chi connectivity index (χ4n) is 3.71. The minimum atomic E-state index is -4.56. The summed E-state index contributed by atoms with van der Waals surface area (Å²) in [6.07, 6.45) is 3.78. The number of anilines is 1. The fourth-order valence-corrected chi connectivity index (χ4v) is 3.71. The van der Waals surface area contributed by atoms with Crippen LogP contribution >= 0.6 is 0 Å². The molecule has 0 bridgehead atoms. The van der Waals surface area contributed by atoms with Gasteiger partial charge in [-0.05, 0) is 42.5 Å². The maximum absolute atomic E-state index is 13.3. The molecule has 1 aliphatic heterocycles. The normalized spacial score (nSPS) is 20.5. The van der Waals surface area contributed by atoms with Crippen LogP contribution in [0.4, 0.5) is 18.9 Å². The number of nitrogens with zero attached hydrogens (tertiary/aromatic N) is 1. The van der Waals surface area contributed by atoms with Crippen molar-refractivity contribution >= 4 is 16.6 Å². The second-order valence-corrected chi connectivity index (χ2v) is 6.59. The lowest BCUT2D eigenvalue weighted by molar-refractivity contribution is -0.136. The van der Waals surface area contributed by atoms with E-state index in [0.717, 1.165) is 31.6 Å². The summed E-state index contributed by atoms with van der Waals surface area (Å²) in [5.74, 6) is 0.545. The summed E-state index contributed by atoms with van der Waals surface area (Å²) < 4.78 is 39.9. The van der Waals surface area contributed by atoms with Crippen LogP contribution in [0, 0.1) is 5.92 Å². The van der Waals surface area contributed by atoms with Crippen molar-refractivity contribution in [1.82, 2.24) is 4.98 Å². The van der Waals surface area contributed by atoms with Crippen LogP contribution in [0.3, 0.4) is 0 Å². The number of piperidine rings is 1. The molecule has 1 aromatic heterocycles. The van der Waals surface area contributed by atoms with E-state index in [1.165, 1.54) is 11.6 Å². The van der Waals surface area contributed by atoms with E-state index in [0.29, 0.717) is 12.0 Å². The maximum atomic E-state index is 13.3. The topological polar surface area (TPSA) is 36.1 Å². The first-order chi connectivity index (χ1) is 11.9. The van der Waals surface area contributed by atoms with E-state index in [1.807, 2.05) is 6.08 Å². The summed E-state index contributed by atoms with van der Waals surface area (Å²) in [6.45, 7) is 1.54. The number of hydrogen-bond donors (Lipinski definition) is 1. The molecule has 0 amide bonds. The van der Waals surface area contributed by atoms with Gasteiger partial charge in [-0.25, -0.2) is 0 Å². The van der Waals surface area contributed by atoms with Crippen molar-refractivity contribution in [3.05, 3.63) is 64.0 Å². The Balaban J connectivity index is 1.76. The third kappa shape index (κ3) is 2.97. The van der Waals surface area contributed by atoms with Gasteiger partial charge in [0.15, 0.2) is 0 Å². The van der Waals surface area contributed by atoms with Crippen molar-refractivity contribution in [2.45, 2.75) is 19.0 Å². The molecule has 1 fully saturated rings. The minimum absolute atomic E-state index is 0.0317. The van der Waals surface area contributed by atoms with E-state index in [2.05, 4.69) is 22.0 Å². The van der Waals surface area contributed by atoms with E-state index < -0.39 is 17.3 Å². The van der Waals surface area contributed by atoms with Crippen molar-refractivity contribution in [3.63, 3.8) is 0 Å². The highest BCUT2D eigenvalue weighted by molar-refractivity contribution is 5.86. The van der Waals surface area contributed by atoms with Crippen LogP contribution in [0.1, 0.15) is 18.4 Å². The van der Waals surface area contributed by atoms with E-state index in [9.17, 15) is 18.0 Å². The monoisotopic (exact) mass is 346 g/mol. The van der Waals surface area contributed by atoms with Crippen LogP contribution in [0.15, 0.2) is 52.9 Å². The first kappa shape index (κ1) is 16.0. The highest BCUT2D eigenvalue weighted by Crippen LogP contribution is 2.36. The standard InChI is InChI=1S/C19H17F3N2O/c20-19(21,22)16-10-18(25)23-17-6-5-14(9-15(16)17)24-8-7-12-3-1-2-4-13(12)11-24/h1-2,4-6,9-10,12H,3,7-8,11H2,(H,23,25). The zero-order valence-corrected chi connectivity index (χ0v) is 13.4. The summed E-state index contributed by atoms with van der Waals surface area (Å²) in [5, 5.41) is 0.0317. The Hall–Kier alpha value is -2.50. The Morgan fingerprint density at radius 3 is 2.84 bits per heavy atom. The molecule has 4 rings (SSSR count). The number of alkyl halides is 3. The molecule has 1 atom stereocenters. The number of benzene rings is 1. The van der Waals surface area contributed by atoms with Gasteiger partial charge in [0.05, 0.1) is 5.56 Å². The van der Waals surface area contributed by atoms with Crippen LogP contribution in [0.25, 0.3) is 10.9 Å². The zero-order chi connectivity index (χ0) is 17.6. The van der Waals surface area contributed by atoms with E-state index in [4.69, 9.17) is 0 Å². The van der Waals surface area contributed by atoms with Crippen molar-refractivity contribution in [2.24, 2.45) is 5.92 Å². The number of aromatic nitrogens is 1. The van der Waals surface area contributed by atoms with Crippen LogP contribution in [-0.2, 0) is 6.18 Å². The lowest BCUT2D eigenvalue weighted by Crippen LogP contribution is -2.36. The third-order valence-electron chi connectivity index (χ3n) is 5.01. The zero-order valence-electron chi connectivity index (χ0n) is 13.4. The molecule has 0 saturated carbocycles. The molecular weight excluding hydrogens is 329 g/mol. The predicted octanol–water partition coefficient (Wildman–Crippen LogP) is 4.26. The number of halogens is 3. The lowest BCUT2D eigenvalue weighted by Gasteiger charge is -2.36. The van der Waals surface area contributed by atoms with Crippen LogP contribution in [0.5, 0.6) is 0 Å². The number of H-pyrrole nitrogens is 1. The van der Waals surface area contributed by atoms with Gasteiger partial charge in [-0.3, -0.25) is 4.79 Å². The molecule has 0 spiro atoms. The summed E-state index contributed by atoms with van der Waals surface area (Å²) in [6, 6.07) is 5.50. The second-order valence-electron chi connectivity index (χ2n) is 6.59.